The smallest absolute Gasteiger partial charge is 0.315 e. The number of nitrogens with one attached hydrogen (secondary N) is 1. The normalized spacial score (nSPS) is 13.4. The third-order valence-electron chi connectivity index (χ3n) is 4.12. The van der Waals surface area contributed by atoms with Crippen LogP contribution in [0.3, 0.4) is 0 Å². The van der Waals surface area contributed by atoms with Crippen LogP contribution in [0.4, 0.5) is 0 Å². The summed E-state index contributed by atoms with van der Waals surface area (Å²) in [5, 5.41) is 2.84. The maximum absolute atomic E-state index is 12.1. The molecule has 4 heteroatoms. The Labute approximate surface area is 150 Å². The molecule has 1 aromatic carbocycles. The first kappa shape index (κ1) is 19.0. The van der Waals surface area contributed by atoms with Gasteiger partial charge in [0.15, 0.2) is 0 Å². The van der Waals surface area contributed by atoms with Gasteiger partial charge < -0.3 is 10.1 Å². The average Bonchev–Trinajstić information content (AvgIpc) is 2.98. The van der Waals surface area contributed by atoms with Crippen molar-refractivity contribution in [1.29, 1.82) is 0 Å². The molecule has 0 saturated heterocycles. The highest BCUT2D eigenvalue weighted by molar-refractivity contribution is 5.95. The summed E-state index contributed by atoms with van der Waals surface area (Å²) in [5.74, 6) is 0.139. The van der Waals surface area contributed by atoms with Crippen LogP contribution < -0.4 is 10.1 Å². The number of esters is 1. The molecular formula is C21H27NO3. The second-order valence-corrected chi connectivity index (χ2v) is 6.24. The molecule has 0 aromatic heterocycles. The van der Waals surface area contributed by atoms with Crippen molar-refractivity contribution >= 4 is 11.9 Å². The van der Waals surface area contributed by atoms with Gasteiger partial charge in [0.1, 0.15) is 5.75 Å². The quantitative estimate of drug-likeness (QED) is 0.298. The molecule has 1 amide bonds. The molecule has 0 spiro atoms. The lowest BCUT2D eigenvalue weighted by atomic mass is 10.1. The Morgan fingerprint density at radius 1 is 1.16 bits per heavy atom. The summed E-state index contributed by atoms with van der Waals surface area (Å²) in [6, 6.07) is 5.07. The third kappa shape index (κ3) is 6.57. The van der Waals surface area contributed by atoms with E-state index in [1.54, 1.807) is 18.2 Å². The Morgan fingerprint density at radius 3 is 2.80 bits per heavy atom. The fourth-order valence-corrected chi connectivity index (χ4v) is 2.71. The van der Waals surface area contributed by atoms with Gasteiger partial charge in [-0.1, -0.05) is 56.9 Å². The summed E-state index contributed by atoms with van der Waals surface area (Å²) in [4.78, 5) is 23.3. The number of allylic oxidation sites excluding steroid dienone is 3. The average molecular weight is 341 g/mol. The molecule has 0 fully saturated rings. The van der Waals surface area contributed by atoms with Gasteiger partial charge >= 0.3 is 5.97 Å². The number of ether oxygens (including phenoxy) is 1. The molecule has 1 N–H and O–H groups in total. The topological polar surface area (TPSA) is 55.4 Å². The number of carbonyl (C=O) groups is 2. The first-order valence-corrected chi connectivity index (χ1v) is 9.14. The molecule has 1 heterocycles. The van der Waals surface area contributed by atoms with Crippen molar-refractivity contribution in [3.05, 3.63) is 53.6 Å². The maximum Gasteiger partial charge on any atom is 0.315 e. The fourth-order valence-electron chi connectivity index (χ4n) is 2.71. The number of benzene rings is 1. The Hall–Kier alpha value is -2.36. The van der Waals surface area contributed by atoms with E-state index in [-0.39, 0.29) is 18.3 Å². The van der Waals surface area contributed by atoms with Crippen LogP contribution in [0, 0.1) is 0 Å². The summed E-state index contributed by atoms with van der Waals surface area (Å²) in [7, 11) is 0. The maximum atomic E-state index is 12.1. The summed E-state index contributed by atoms with van der Waals surface area (Å²) in [6.07, 6.45) is 15.9. The molecule has 134 valence electrons. The van der Waals surface area contributed by atoms with Gasteiger partial charge in [0.2, 0.25) is 0 Å². The molecule has 0 bridgehead atoms. The van der Waals surface area contributed by atoms with Crippen molar-refractivity contribution in [1.82, 2.24) is 5.32 Å². The number of unbranched alkanes of at least 4 members (excludes halogenated alkanes) is 5. The molecule has 0 unspecified atom stereocenters. The molecule has 1 aliphatic heterocycles. The van der Waals surface area contributed by atoms with Crippen LogP contribution in [0.2, 0.25) is 0 Å². The SMILES string of the molecule is CCCCCCC/C=C/C=C/CNC(=O)c1ccc2c(c1)CC(=O)O2. The zero-order valence-electron chi connectivity index (χ0n) is 14.9. The van der Waals surface area contributed by atoms with E-state index in [1.807, 2.05) is 18.2 Å². The van der Waals surface area contributed by atoms with Gasteiger partial charge in [-0.2, -0.15) is 0 Å². The first-order valence-electron chi connectivity index (χ1n) is 9.14. The highest BCUT2D eigenvalue weighted by Gasteiger charge is 2.21. The zero-order valence-corrected chi connectivity index (χ0v) is 14.9. The van der Waals surface area contributed by atoms with E-state index in [2.05, 4.69) is 18.3 Å². The lowest BCUT2D eigenvalue weighted by molar-refractivity contribution is -0.131. The van der Waals surface area contributed by atoms with Crippen molar-refractivity contribution < 1.29 is 14.3 Å². The predicted molar refractivity (Wildman–Crippen MR) is 99.8 cm³/mol. The second kappa shape index (κ2) is 10.5. The Balaban J connectivity index is 1.64. The molecule has 4 nitrogen and oxygen atoms in total. The minimum Gasteiger partial charge on any atom is -0.426 e. The van der Waals surface area contributed by atoms with E-state index >= 15 is 0 Å². The number of carbonyl (C=O) groups excluding carboxylic acids is 2. The summed E-state index contributed by atoms with van der Waals surface area (Å²) < 4.78 is 5.02. The van der Waals surface area contributed by atoms with E-state index in [4.69, 9.17) is 4.74 Å². The molecule has 25 heavy (non-hydrogen) atoms. The standard InChI is InChI=1S/C21H27NO3/c1-2-3-4-5-6-7-8-9-10-11-14-22-21(24)17-12-13-19-18(15-17)16-20(23)25-19/h8-13,15H,2-7,14,16H2,1H3,(H,22,24)/b9-8+,11-10+. The highest BCUT2D eigenvalue weighted by Crippen LogP contribution is 2.26. The van der Waals surface area contributed by atoms with Crippen LogP contribution in [-0.2, 0) is 11.2 Å². The second-order valence-electron chi connectivity index (χ2n) is 6.24. The predicted octanol–water partition coefficient (Wildman–Crippen LogP) is 4.35. The third-order valence-corrected chi connectivity index (χ3v) is 4.12. The summed E-state index contributed by atoms with van der Waals surface area (Å²) in [5.41, 5.74) is 1.32. The van der Waals surface area contributed by atoms with Gasteiger partial charge in [0.25, 0.3) is 5.91 Å². The van der Waals surface area contributed by atoms with Crippen LogP contribution in [0.5, 0.6) is 5.75 Å². The van der Waals surface area contributed by atoms with Gasteiger partial charge in [-0.3, -0.25) is 9.59 Å². The minimum absolute atomic E-state index is 0.147. The van der Waals surface area contributed by atoms with Gasteiger partial charge in [-0.05, 0) is 31.0 Å². The highest BCUT2D eigenvalue weighted by atomic mass is 16.5. The monoisotopic (exact) mass is 341 g/mol. The Morgan fingerprint density at radius 2 is 1.96 bits per heavy atom. The van der Waals surface area contributed by atoms with Crippen LogP contribution in [0.1, 0.15) is 61.4 Å². The summed E-state index contributed by atoms with van der Waals surface area (Å²) in [6.45, 7) is 2.70. The van der Waals surface area contributed by atoms with Crippen molar-refractivity contribution in [2.24, 2.45) is 0 Å². The van der Waals surface area contributed by atoms with Crippen LogP contribution in [0.15, 0.2) is 42.5 Å². The van der Waals surface area contributed by atoms with Crippen molar-refractivity contribution in [3.8, 4) is 5.75 Å². The van der Waals surface area contributed by atoms with Crippen molar-refractivity contribution in [2.45, 2.75) is 51.9 Å². The number of amides is 1. The van der Waals surface area contributed by atoms with E-state index < -0.39 is 0 Å². The summed E-state index contributed by atoms with van der Waals surface area (Å²) >= 11 is 0. The Bertz CT molecular complexity index is 647. The van der Waals surface area contributed by atoms with Gasteiger partial charge in [-0.25, -0.2) is 0 Å². The van der Waals surface area contributed by atoms with E-state index in [0.29, 0.717) is 17.9 Å². The number of hydrogen-bond acceptors (Lipinski definition) is 3. The van der Waals surface area contributed by atoms with Crippen LogP contribution in [0.25, 0.3) is 0 Å². The molecule has 2 rings (SSSR count). The molecule has 1 aromatic rings. The van der Waals surface area contributed by atoms with Crippen LogP contribution >= 0.6 is 0 Å². The lowest BCUT2D eigenvalue weighted by Crippen LogP contribution is -2.23. The van der Waals surface area contributed by atoms with Gasteiger partial charge in [0, 0.05) is 17.7 Å². The number of fused-ring (bicyclic) bond motifs is 1. The molecule has 0 radical (unpaired) electrons. The van der Waals surface area contributed by atoms with E-state index in [1.165, 1.54) is 32.1 Å². The van der Waals surface area contributed by atoms with Gasteiger partial charge in [0.05, 0.1) is 6.42 Å². The molecule has 0 saturated carbocycles. The fraction of sp³-hybridized carbons (Fsp3) is 0.429. The van der Waals surface area contributed by atoms with E-state index in [0.717, 1.165) is 12.0 Å². The number of rotatable bonds is 10. The molecule has 0 atom stereocenters. The zero-order chi connectivity index (χ0) is 17.9. The Kier molecular flexibility index (Phi) is 7.96. The van der Waals surface area contributed by atoms with Crippen molar-refractivity contribution in [2.75, 3.05) is 6.54 Å². The largest absolute Gasteiger partial charge is 0.426 e. The number of hydrogen-bond donors (Lipinski definition) is 1. The first-order chi connectivity index (χ1) is 12.2. The molecule has 0 aliphatic carbocycles. The lowest BCUT2D eigenvalue weighted by Gasteiger charge is -2.03. The van der Waals surface area contributed by atoms with Gasteiger partial charge in [-0.15, -0.1) is 0 Å². The molecular weight excluding hydrogens is 314 g/mol. The minimum atomic E-state index is -0.271. The van der Waals surface area contributed by atoms with E-state index in [9.17, 15) is 9.59 Å². The molecule has 1 aliphatic rings. The van der Waals surface area contributed by atoms with Crippen LogP contribution in [-0.4, -0.2) is 18.4 Å². The van der Waals surface area contributed by atoms with Crippen molar-refractivity contribution in [3.63, 3.8) is 0 Å².